The fourth-order valence-electron chi connectivity index (χ4n) is 2.75. The van der Waals surface area contributed by atoms with Crippen molar-refractivity contribution >= 4 is 23.2 Å². The Bertz CT molecular complexity index is 764. The van der Waals surface area contributed by atoms with Crippen molar-refractivity contribution in [2.75, 3.05) is 37.5 Å². The van der Waals surface area contributed by atoms with Crippen LogP contribution in [0.1, 0.15) is 13.8 Å². The summed E-state index contributed by atoms with van der Waals surface area (Å²) < 4.78 is 5.16. The lowest BCUT2D eigenvalue weighted by Crippen LogP contribution is -2.48. The van der Waals surface area contributed by atoms with Gasteiger partial charge in [0.2, 0.25) is 11.8 Å². The fraction of sp³-hybridized carbons (Fsp3) is 0.333. The van der Waals surface area contributed by atoms with Crippen molar-refractivity contribution in [3.63, 3.8) is 0 Å². The molecule has 2 aromatic carbocycles. The molecule has 0 aliphatic rings. The lowest BCUT2D eigenvalue weighted by atomic mass is 10.2. The molecule has 6 nitrogen and oxygen atoms in total. The molecule has 6 heteroatoms. The highest BCUT2D eigenvalue weighted by atomic mass is 16.5. The van der Waals surface area contributed by atoms with Crippen LogP contribution in [-0.2, 0) is 9.59 Å². The summed E-state index contributed by atoms with van der Waals surface area (Å²) in [5, 5.41) is 2.83. The van der Waals surface area contributed by atoms with E-state index in [0.29, 0.717) is 18.0 Å². The minimum atomic E-state index is -0.429. The fourth-order valence-corrected chi connectivity index (χ4v) is 2.75. The second kappa shape index (κ2) is 9.73. The number of ether oxygens (including phenoxy) is 1. The van der Waals surface area contributed by atoms with Gasteiger partial charge in [-0.15, -0.1) is 0 Å². The minimum absolute atomic E-state index is 0.0413. The van der Waals surface area contributed by atoms with E-state index in [1.54, 1.807) is 36.1 Å². The van der Waals surface area contributed by atoms with Gasteiger partial charge in [0.05, 0.1) is 19.7 Å². The zero-order chi connectivity index (χ0) is 19.8. The van der Waals surface area contributed by atoms with E-state index in [2.05, 4.69) is 5.32 Å². The third kappa shape index (κ3) is 5.56. The van der Waals surface area contributed by atoms with Gasteiger partial charge < -0.3 is 15.0 Å². The molecule has 2 amide bonds. The van der Waals surface area contributed by atoms with Crippen molar-refractivity contribution in [1.82, 2.24) is 4.90 Å². The highest BCUT2D eigenvalue weighted by molar-refractivity contribution is 5.98. The van der Waals surface area contributed by atoms with Crippen molar-refractivity contribution in [3.05, 3.63) is 54.6 Å². The molecule has 0 aliphatic carbocycles. The van der Waals surface area contributed by atoms with E-state index in [0.717, 1.165) is 5.69 Å². The summed E-state index contributed by atoms with van der Waals surface area (Å²) >= 11 is 0. The molecule has 0 fully saturated rings. The molecule has 0 aromatic heterocycles. The van der Waals surface area contributed by atoms with E-state index >= 15 is 0 Å². The van der Waals surface area contributed by atoms with Gasteiger partial charge in [-0.25, -0.2) is 0 Å². The normalized spacial score (nSPS) is 11.7. The average Bonchev–Trinajstić information content (AvgIpc) is 2.68. The lowest BCUT2D eigenvalue weighted by Gasteiger charge is -2.29. The van der Waals surface area contributed by atoms with Crippen molar-refractivity contribution in [2.45, 2.75) is 19.9 Å². The SMILES string of the molecule is CCN(C(=O)[C@@H](C)N(C)CC(=O)Nc1cccc(OC)c1)c1ccccc1. The number of carbonyl (C=O) groups excluding carboxylic acids is 2. The molecule has 0 spiro atoms. The van der Waals surface area contributed by atoms with Crippen LogP contribution in [0, 0.1) is 0 Å². The predicted octanol–water partition coefficient (Wildman–Crippen LogP) is 3.01. The average molecular weight is 369 g/mol. The van der Waals surface area contributed by atoms with Crippen LogP contribution >= 0.6 is 0 Å². The summed E-state index contributed by atoms with van der Waals surface area (Å²) in [6, 6.07) is 16.3. The number of amides is 2. The second-order valence-corrected chi connectivity index (χ2v) is 6.29. The Labute approximate surface area is 160 Å². The van der Waals surface area contributed by atoms with Crippen LogP contribution in [0.4, 0.5) is 11.4 Å². The summed E-state index contributed by atoms with van der Waals surface area (Å²) in [6.07, 6.45) is 0. The number of carbonyl (C=O) groups is 2. The second-order valence-electron chi connectivity index (χ2n) is 6.29. The van der Waals surface area contributed by atoms with Gasteiger partial charge in [-0.2, -0.15) is 0 Å². The predicted molar refractivity (Wildman–Crippen MR) is 108 cm³/mol. The number of para-hydroxylation sites is 1. The first-order chi connectivity index (χ1) is 13.0. The van der Waals surface area contributed by atoms with Crippen LogP contribution < -0.4 is 15.0 Å². The Morgan fingerprint density at radius 3 is 2.44 bits per heavy atom. The molecule has 0 saturated heterocycles. The van der Waals surface area contributed by atoms with Crippen molar-refractivity contribution in [1.29, 1.82) is 0 Å². The Balaban J connectivity index is 1.98. The van der Waals surface area contributed by atoms with Crippen LogP contribution in [0.15, 0.2) is 54.6 Å². The van der Waals surface area contributed by atoms with E-state index in [4.69, 9.17) is 4.74 Å². The Kier molecular flexibility index (Phi) is 7.37. The van der Waals surface area contributed by atoms with Gasteiger partial charge in [-0.1, -0.05) is 24.3 Å². The van der Waals surface area contributed by atoms with E-state index in [-0.39, 0.29) is 18.4 Å². The highest BCUT2D eigenvalue weighted by Crippen LogP contribution is 2.17. The molecular weight excluding hydrogens is 342 g/mol. The molecular formula is C21H27N3O3. The summed E-state index contributed by atoms with van der Waals surface area (Å²) in [6.45, 7) is 4.42. The number of likely N-dealkylation sites (N-methyl/N-ethyl adjacent to an activating group) is 2. The molecule has 0 unspecified atom stereocenters. The lowest BCUT2D eigenvalue weighted by molar-refractivity contribution is -0.124. The number of hydrogen-bond acceptors (Lipinski definition) is 4. The number of benzene rings is 2. The molecule has 1 N–H and O–H groups in total. The highest BCUT2D eigenvalue weighted by Gasteiger charge is 2.25. The van der Waals surface area contributed by atoms with Crippen LogP contribution in [0.5, 0.6) is 5.75 Å². The summed E-state index contributed by atoms with van der Waals surface area (Å²) in [5.74, 6) is 0.444. The topological polar surface area (TPSA) is 61.9 Å². The van der Waals surface area contributed by atoms with E-state index in [9.17, 15) is 9.59 Å². The van der Waals surface area contributed by atoms with E-state index in [1.807, 2.05) is 56.3 Å². The molecule has 0 radical (unpaired) electrons. The summed E-state index contributed by atoms with van der Waals surface area (Å²) in [5.41, 5.74) is 1.51. The molecule has 0 heterocycles. The van der Waals surface area contributed by atoms with Gasteiger partial charge in [-0.3, -0.25) is 14.5 Å². The molecule has 0 saturated carbocycles. The van der Waals surface area contributed by atoms with Gasteiger partial charge >= 0.3 is 0 Å². The van der Waals surface area contributed by atoms with Gasteiger partial charge in [0, 0.05) is 24.0 Å². The monoisotopic (exact) mass is 369 g/mol. The van der Waals surface area contributed by atoms with Crippen molar-refractivity contribution < 1.29 is 14.3 Å². The first-order valence-electron chi connectivity index (χ1n) is 8.96. The molecule has 2 rings (SSSR count). The van der Waals surface area contributed by atoms with Crippen LogP contribution in [0.2, 0.25) is 0 Å². The van der Waals surface area contributed by atoms with Crippen molar-refractivity contribution in [3.8, 4) is 5.75 Å². The number of rotatable bonds is 8. The van der Waals surface area contributed by atoms with Crippen LogP contribution in [0.25, 0.3) is 0 Å². The zero-order valence-corrected chi connectivity index (χ0v) is 16.3. The summed E-state index contributed by atoms with van der Waals surface area (Å²) in [4.78, 5) is 28.7. The smallest absolute Gasteiger partial charge is 0.244 e. The Morgan fingerprint density at radius 1 is 1.11 bits per heavy atom. The van der Waals surface area contributed by atoms with Gasteiger partial charge in [0.15, 0.2) is 0 Å². The molecule has 144 valence electrons. The Morgan fingerprint density at radius 2 is 1.81 bits per heavy atom. The minimum Gasteiger partial charge on any atom is -0.497 e. The Hall–Kier alpha value is -2.86. The first kappa shape index (κ1) is 20.5. The van der Waals surface area contributed by atoms with E-state index in [1.165, 1.54) is 0 Å². The number of nitrogens with zero attached hydrogens (tertiary/aromatic N) is 2. The van der Waals surface area contributed by atoms with Crippen molar-refractivity contribution in [2.24, 2.45) is 0 Å². The van der Waals surface area contributed by atoms with Crippen LogP contribution in [-0.4, -0.2) is 50.0 Å². The van der Waals surface area contributed by atoms with E-state index < -0.39 is 6.04 Å². The molecule has 0 aliphatic heterocycles. The maximum Gasteiger partial charge on any atom is 0.244 e. The molecule has 0 bridgehead atoms. The summed E-state index contributed by atoms with van der Waals surface area (Å²) in [7, 11) is 3.35. The quantitative estimate of drug-likeness (QED) is 0.777. The van der Waals surface area contributed by atoms with Gasteiger partial charge in [0.25, 0.3) is 0 Å². The zero-order valence-electron chi connectivity index (χ0n) is 16.3. The molecule has 27 heavy (non-hydrogen) atoms. The largest absolute Gasteiger partial charge is 0.497 e. The third-order valence-corrected chi connectivity index (χ3v) is 4.42. The number of nitrogens with one attached hydrogen (secondary N) is 1. The maximum atomic E-state index is 12.9. The standard InChI is InChI=1S/C21H27N3O3/c1-5-24(18-11-7-6-8-12-18)21(26)16(2)23(3)15-20(25)22-17-10-9-13-19(14-17)27-4/h6-14,16H,5,15H2,1-4H3,(H,22,25)/t16-/m1/s1. The molecule has 1 atom stereocenters. The molecule has 2 aromatic rings. The number of hydrogen-bond donors (Lipinski definition) is 1. The number of anilines is 2. The van der Waals surface area contributed by atoms with Gasteiger partial charge in [-0.05, 0) is 45.2 Å². The van der Waals surface area contributed by atoms with Crippen LogP contribution in [0.3, 0.4) is 0 Å². The third-order valence-electron chi connectivity index (χ3n) is 4.42. The maximum absolute atomic E-state index is 12.9. The van der Waals surface area contributed by atoms with Gasteiger partial charge in [0.1, 0.15) is 5.75 Å². The number of methoxy groups -OCH3 is 1. The first-order valence-corrected chi connectivity index (χ1v) is 8.96.